The third-order valence-electron chi connectivity index (χ3n) is 5.31. The van der Waals surface area contributed by atoms with Crippen LogP contribution in [0.4, 0.5) is 0 Å². The fourth-order valence-corrected chi connectivity index (χ4v) is 5.56. The van der Waals surface area contributed by atoms with Gasteiger partial charge in [-0.2, -0.15) is 0 Å². The second-order valence-corrected chi connectivity index (χ2v) is 9.81. The van der Waals surface area contributed by atoms with E-state index in [1.807, 2.05) is 37.2 Å². The molecule has 0 unspecified atom stereocenters. The van der Waals surface area contributed by atoms with Crippen molar-refractivity contribution in [2.45, 2.75) is 32.4 Å². The minimum absolute atomic E-state index is 0.0120. The molecule has 1 fully saturated rings. The number of fused-ring (bicyclic) bond motifs is 1. The quantitative estimate of drug-likeness (QED) is 0.722. The SMILES string of the molecule is CCn1cc(CC(=O)N(CCN(C)C)[C@H]2CCS(=O)(=O)C2)c2ccccc21. The Morgan fingerprint density at radius 3 is 2.59 bits per heavy atom. The average molecular weight is 392 g/mol. The zero-order chi connectivity index (χ0) is 19.6. The number of aryl methyl sites for hydroxylation is 1. The van der Waals surface area contributed by atoms with Gasteiger partial charge in [0.2, 0.25) is 5.91 Å². The van der Waals surface area contributed by atoms with Gasteiger partial charge >= 0.3 is 0 Å². The van der Waals surface area contributed by atoms with Gasteiger partial charge in [0.15, 0.2) is 9.84 Å². The summed E-state index contributed by atoms with van der Waals surface area (Å²) in [6.07, 6.45) is 2.90. The van der Waals surface area contributed by atoms with Crippen molar-refractivity contribution in [3.05, 3.63) is 36.0 Å². The summed E-state index contributed by atoms with van der Waals surface area (Å²) >= 11 is 0. The van der Waals surface area contributed by atoms with Crippen molar-refractivity contribution < 1.29 is 13.2 Å². The van der Waals surface area contributed by atoms with Crippen molar-refractivity contribution in [2.75, 3.05) is 38.7 Å². The molecule has 0 radical (unpaired) electrons. The molecule has 1 aromatic heterocycles. The van der Waals surface area contributed by atoms with Crippen LogP contribution in [0, 0.1) is 0 Å². The molecule has 2 heterocycles. The number of carbonyl (C=O) groups excluding carboxylic acids is 1. The predicted molar refractivity (Wildman–Crippen MR) is 109 cm³/mol. The van der Waals surface area contributed by atoms with E-state index in [9.17, 15) is 13.2 Å². The van der Waals surface area contributed by atoms with E-state index in [0.717, 1.165) is 29.6 Å². The number of benzene rings is 1. The van der Waals surface area contributed by atoms with Gasteiger partial charge in [-0.05, 0) is 39.1 Å². The van der Waals surface area contributed by atoms with Crippen LogP contribution in [0.15, 0.2) is 30.5 Å². The first kappa shape index (κ1) is 19.9. The lowest BCUT2D eigenvalue weighted by molar-refractivity contribution is -0.132. The van der Waals surface area contributed by atoms with Gasteiger partial charge in [-0.3, -0.25) is 4.79 Å². The first-order chi connectivity index (χ1) is 12.8. The molecule has 2 aromatic rings. The van der Waals surface area contributed by atoms with Gasteiger partial charge in [-0.1, -0.05) is 18.2 Å². The lowest BCUT2D eigenvalue weighted by atomic mass is 10.1. The van der Waals surface area contributed by atoms with E-state index in [0.29, 0.717) is 19.4 Å². The average Bonchev–Trinajstić information content (AvgIpc) is 3.15. The number of sulfone groups is 1. The third kappa shape index (κ3) is 4.52. The van der Waals surface area contributed by atoms with E-state index < -0.39 is 9.84 Å². The smallest absolute Gasteiger partial charge is 0.227 e. The lowest BCUT2D eigenvalue weighted by Crippen LogP contribution is -2.45. The summed E-state index contributed by atoms with van der Waals surface area (Å²) in [6, 6.07) is 7.91. The van der Waals surface area contributed by atoms with Gasteiger partial charge in [0.25, 0.3) is 0 Å². The van der Waals surface area contributed by atoms with Gasteiger partial charge in [-0.15, -0.1) is 0 Å². The summed E-state index contributed by atoms with van der Waals surface area (Å²) < 4.78 is 26.0. The Morgan fingerprint density at radius 2 is 1.96 bits per heavy atom. The minimum atomic E-state index is -3.03. The molecule has 1 amide bonds. The number of nitrogens with zero attached hydrogens (tertiary/aromatic N) is 3. The highest BCUT2D eigenvalue weighted by Crippen LogP contribution is 2.24. The van der Waals surface area contributed by atoms with Crippen LogP contribution in [0.2, 0.25) is 0 Å². The molecule has 1 aliphatic heterocycles. The molecule has 148 valence electrons. The summed E-state index contributed by atoms with van der Waals surface area (Å²) in [5.41, 5.74) is 2.14. The van der Waals surface area contributed by atoms with E-state index in [1.165, 1.54) is 0 Å². The van der Waals surface area contributed by atoms with Gasteiger partial charge in [0.1, 0.15) is 0 Å². The van der Waals surface area contributed by atoms with Crippen LogP contribution in [-0.4, -0.2) is 73.4 Å². The van der Waals surface area contributed by atoms with E-state index in [2.05, 4.69) is 23.8 Å². The molecule has 3 rings (SSSR count). The standard InChI is InChI=1S/C20H29N3O3S/c1-4-22-14-16(18-7-5-6-8-19(18)22)13-20(24)23(11-10-21(2)3)17-9-12-27(25,26)15-17/h5-8,14,17H,4,9-13,15H2,1-3H3/t17-/m0/s1. The van der Waals surface area contributed by atoms with E-state index >= 15 is 0 Å². The van der Waals surface area contributed by atoms with E-state index in [-0.39, 0.29) is 23.5 Å². The predicted octanol–water partition coefficient (Wildman–Crippen LogP) is 1.78. The maximum Gasteiger partial charge on any atom is 0.227 e. The number of rotatable bonds is 7. The monoisotopic (exact) mass is 391 g/mol. The fraction of sp³-hybridized carbons (Fsp3) is 0.550. The number of likely N-dealkylation sites (N-methyl/N-ethyl adjacent to an activating group) is 1. The Kier molecular flexibility index (Phi) is 5.91. The second-order valence-electron chi connectivity index (χ2n) is 7.58. The highest BCUT2D eigenvalue weighted by molar-refractivity contribution is 7.91. The topological polar surface area (TPSA) is 62.6 Å². The maximum atomic E-state index is 13.2. The fourth-order valence-electron chi connectivity index (χ4n) is 3.83. The number of aromatic nitrogens is 1. The van der Waals surface area contributed by atoms with Gasteiger partial charge < -0.3 is 14.4 Å². The Morgan fingerprint density at radius 1 is 1.22 bits per heavy atom. The summed E-state index contributed by atoms with van der Waals surface area (Å²) in [4.78, 5) is 17.0. The van der Waals surface area contributed by atoms with Crippen LogP contribution in [-0.2, 0) is 27.6 Å². The first-order valence-corrected chi connectivity index (χ1v) is 11.3. The van der Waals surface area contributed by atoms with Crippen molar-refractivity contribution in [1.82, 2.24) is 14.4 Å². The maximum absolute atomic E-state index is 13.2. The van der Waals surface area contributed by atoms with Crippen molar-refractivity contribution in [3.63, 3.8) is 0 Å². The molecule has 0 N–H and O–H groups in total. The highest BCUT2D eigenvalue weighted by atomic mass is 32.2. The van der Waals surface area contributed by atoms with Crippen LogP contribution >= 0.6 is 0 Å². The summed E-state index contributed by atoms with van der Waals surface area (Å²) in [6.45, 7) is 4.21. The molecule has 0 saturated carbocycles. The molecule has 1 aliphatic rings. The van der Waals surface area contributed by atoms with Crippen LogP contribution in [0.25, 0.3) is 10.9 Å². The van der Waals surface area contributed by atoms with E-state index in [1.54, 1.807) is 4.90 Å². The molecule has 0 bridgehead atoms. The molecule has 7 heteroatoms. The van der Waals surface area contributed by atoms with Crippen molar-refractivity contribution >= 4 is 26.6 Å². The lowest BCUT2D eigenvalue weighted by Gasteiger charge is -2.29. The van der Waals surface area contributed by atoms with Gasteiger partial charge in [0.05, 0.1) is 17.9 Å². The molecule has 1 saturated heterocycles. The summed E-state index contributed by atoms with van der Waals surface area (Å²) in [5, 5.41) is 1.10. The van der Waals surface area contributed by atoms with Crippen molar-refractivity contribution in [3.8, 4) is 0 Å². The van der Waals surface area contributed by atoms with Crippen LogP contribution in [0.1, 0.15) is 18.9 Å². The molecule has 0 aliphatic carbocycles. The van der Waals surface area contributed by atoms with Crippen LogP contribution in [0.5, 0.6) is 0 Å². The Balaban J connectivity index is 1.84. The van der Waals surface area contributed by atoms with Crippen molar-refractivity contribution in [2.24, 2.45) is 0 Å². The van der Waals surface area contributed by atoms with Gasteiger partial charge in [0, 0.05) is 42.8 Å². The summed E-state index contributed by atoms with van der Waals surface area (Å²) in [7, 11) is 0.891. The normalized spacial score (nSPS) is 19.0. The summed E-state index contributed by atoms with van der Waals surface area (Å²) in [5.74, 6) is 0.277. The number of para-hydroxylation sites is 1. The van der Waals surface area contributed by atoms with Crippen molar-refractivity contribution in [1.29, 1.82) is 0 Å². The third-order valence-corrected chi connectivity index (χ3v) is 7.06. The minimum Gasteiger partial charge on any atom is -0.347 e. The molecular formula is C20H29N3O3S. The molecule has 1 aromatic carbocycles. The number of amides is 1. The van der Waals surface area contributed by atoms with E-state index in [4.69, 9.17) is 0 Å². The molecule has 6 nitrogen and oxygen atoms in total. The molecular weight excluding hydrogens is 362 g/mol. The molecule has 0 spiro atoms. The highest BCUT2D eigenvalue weighted by Gasteiger charge is 2.34. The molecule has 27 heavy (non-hydrogen) atoms. The number of carbonyl (C=O) groups is 1. The zero-order valence-corrected chi connectivity index (χ0v) is 17.2. The number of hydrogen-bond acceptors (Lipinski definition) is 4. The Hall–Kier alpha value is -1.86. The second kappa shape index (κ2) is 8.02. The molecule has 1 atom stereocenters. The number of hydrogen-bond donors (Lipinski definition) is 0. The zero-order valence-electron chi connectivity index (χ0n) is 16.4. The Labute approximate surface area is 161 Å². The largest absolute Gasteiger partial charge is 0.347 e. The van der Waals surface area contributed by atoms with Crippen LogP contribution in [0.3, 0.4) is 0 Å². The first-order valence-electron chi connectivity index (χ1n) is 9.52. The van der Waals surface area contributed by atoms with Gasteiger partial charge in [-0.25, -0.2) is 8.42 Å². The Bertz CT molecular complexity index is 918. The van der Waals surface area contributed by atoms with Crippen LogP contribution < -0.4 is 0 Å².